The zero-order valence-electron chi connectivity index (χ0n) is 12.4. The average molecular weight is 376 g/mol. The maximum atomic E-state index is 12.1. The van der Waals surface area contributed by atoms with Crippen LogP contribution in [0, 0.1) is 0 Å². The number of benzene rings is 2. The third kappa shape index (κ3) is 5.98. The first kappa shape index (κ1) is 18.5. The number of ether oxygens (including phenoxy) is 1. The molecule has 0 heterocycles. The number of nitrogens with one attached hydrogen (secondary N) is 1. The minimum atomic E-state index is -4.74. The Morgan fingerprint density at radius 2 is 1.71 bits per heavy atom. The lowest BCUT2D eigenvalue weighted by atomic mass is 10.3. The van der Waals surface area contributed by atoms with Crippen molar-refractivity contribution in [3.8, 4) is 5.75 Å². The van der Waals surface area contributed by atoms with E-state index in [1.54, 1.807) is 31.2 Å². The number of rotatable bonds is 5. The lowest BCUT2D eigenvalue weighted by molar-refractivity contribution is -0.274. The molecule has 1 unspecified atom stereocenters. The molecule has 8 heteroatoms. The fourth-order valence-corrected chi connectivity index (χ4v) is 2.75. The second-order valence-electron chi connectivity index (χ2n) is 4.78. The first-order valence-corrected chi connectivity index (χ1v) is 8.07. The van der Waals surface area contributed by atoms with E-state index in [9.17, 15) is 18.0 Å². The summed E-state index contributed by atoms with van der Waals surface area (Å²) in [5, 5.41) is 2.86. The number of amides is 1. The summed E-state index contributed by atoms with van der Waals surface area (Å²) >= 11 is 7.15. The monoisotopic (exact) mass is 375 g/mol. The van der Waals surface area contributed by atoms with E-state index in [4.69, 9.17) is 11.6 Å². The molecule has 2 aromatic carbocycles. The van der Waals surface area contributed by atoms with E-state index in [0.717, 1.165) is 17.0 Å². The maximum Gasteiger partial charge on any atom is 0.573 e. The van der Waals surface area contributed by atoms with Crippen LogP contribution in [0.4, 0.5) is 18.9 Å². The third-order valence-corrected chi connectivity index (χ3v) is 4.22. The molecule has 0 spiro atoms. The Labute approximate surface area is 146 Å². The molecule has 0 aromatic heterocycles. The van der Waals surface area contributed by atoms with Crippen LogP contribution in [0.5, 0.6) is 5.75 Å². The summed E-state index contributed by atoms with van der Waals surface area (Å²) in [6, 6.07) is 12.0. The van der Waals surface area contributed by atoms with Crippen LogP contribution < -0.4 is 10.1 Å². The standard InChI is InChI=1S/C16H13ClF3NO2S/c1-10(24-14-8-2-11(17)3-9-14)15(22)21-12-4-6-13(7-5-12)23-16(18,19)20/h2-10H,1H3,(H,21,22). The lowest BCUT2D eigenvalue weighted by Crippen LogP contribution is -2.22. The topological polar surface area (TPSA) is 38.3 Å². The minimum absolute atomic E-state index is 0.264. The summed E-state index contributed by atoms with van der Waals surface area (Å²) in [4.78, 5) is 13.0. The van der Waals surface area contributed by atoms with Gasteiger partial charge in [-0.2, -0.15) is 0 Å². The molecule has 0 saturated carbocycles. The number of halogens is 4. The Hall–Kier alpha value is -1.86. The van der Waals surface area contributed by atoms with Gasteiger partial charge in [0.15, 0.2) is 0 Å². The van der Waals surface area contributed by atoms with Crippen LogP contribution in [0.1, 0.15) is 6.92 Å². The van der Waals surface area contributed by atoms with E-state index in [0.29, 0.717) is 10.7 Å². The quantitative estimate of drug-likeness (QED) is 0.715. The number of thioether (sulfide) groups is 1. The summed E-state index contributed by atoms with van der Waals surface area (Å²) in [5.74, 6) is -0.608. The van der Waals surface area contributed by atoms with Crippen molar-refractivity contribution < 1.29 is 22.7 Å². The van der Waals surface area contributed by atoms with Crippen LogP contribution in [-0.4, -0.2) is 17.5 Å². The zero-order valence-corrected chi connectivity index (χ0v) is 14.0. The number of hydrogen-bond donors (Lipinski definition) is 1. The Bertz CT molecular complexity index is 690. The third-order valence-electron chi connectivity index (χ3n) is 2.85. The van der Waals surface area contributed by atoms with Crippen molar-refractivity contribution in [2.45, 2.75) is 23.4 Å². The molecule has 2 rings (SSSR count). The van der Waals surface area contributed by atoms with E-state index >= 15 is 0 Å². The van der Waals surface area contributed by atoms with Crippen molar-refractivity contribution in [2.75, 3.05) is 5.32 Å². The van der Waals surface area contributed by atoms with E-state index in [1.807, 2.05) is 0 Å². The van der Waals surface area contributed by atoms with E-state index in [2.05, 4.69) is 10.1 Å². The first-order valence-electron chi connectivity index (χ1n) is 6.82. The molecule has 0 fully saturated rings. The Balaban J connectivity index is 1.92. The molecule has 1 atom stereocenters. The number of carbonyl (C=O) groups is 1. The van der Waals surface area contributed by atoms with Gasteiger partial charge in [0, 0.05) is 15.6 Å². The molecular weight excluding hydrogens is 363 g/mol. The summed E-state index contributed by atoms with van der Waals surface area (Å²) in [7, 11) is 0. The van der Waals surface area contributed by atoms with E-state index < -0.39 is 11.6 Å². The number of carbonyl (C=O) groups excluding carboxylic acids is 1. The van der Waals surface area contributed by atoms with Crippen LogP contribution in [0.2, 0.25) is 5.02 Å². The number of alkyl halides is 3. The summed E-state index contributed by atoms with van der Waals surface area (Å²) in [6.45, 7) is 1.73. The molecular formula is C16H13ClF3NO2S. The second kappa shape index (κ2) is 7.81. The summed E-state index contributed by atoms with van der Waals surface area (Å²) in [6.07, 6.45) is -4.74. The number of anilines is 1. The summed E-state index contributed by atoms with van der Waals surface area (Å²) < 4.78 is 40.0. The Kier molecular flexibility index (Phi) is 6.01. The van der Waals surface area contributed by atoms with Crippen molar-refractivity contribution in [3.05, 3.63) is 53.6 Å². The molecule has 0 bridgehead atoms. The van der Waals surface area contributed by atoms with Crippen molar-refractivity contribution in [2.24, 2.45) is 0 Å². The Morgan fingerprint density at radius 1 is 1.12 bits per heavy atom. The SMILES string of the molecule is CC(Sc1ccc(Cl)cc1)C(=O)Nc1ccc(OC(F)(F)F)cc1. The van der Waals surface area contributed by atoms with Gasteiger partial charge in [-0.3, -0.25) is 4.79 Å². The molecule has 1 N–H and O–H groups in total. The fourth-order valence-electron chi connectivity index (χ4n) is 1.75. The van der Waals surface area contributed by atoms with Crippen LogP contribution in [-0.2, 0) is 4.79 Å². The molecule has 2 aromatic rings. The highest BCUT2D eigenvalue weighted by Crippen LogP contribution is 2.27. The predicted octanol–water partition coefficient (Wildman–Crippen LogP) is 5.36. The smallest absolute Gasteiger partial charge is 0.406 e. The highest BCUT2D eigenvalue weighted by atomic mass is 35.5. The Morgan fingerprint density at radius 3 is 2.25 bits per heavy atom. The molecule has 0 aliphatic rings. The predicted molar refractivity (Wildman–Crippen MR) is 88.5 cm³/mol. The van der Waals surface area contributed by atoms with Crippen molar-refractivity contribution in [1.29, 1.82) is 0 Å². The normalized spacial score (nSPS) is 12.5. The van der Waals surface area contributed by atoms with E-state index in [1.165, 1.54) is 23.9 Å². The van der Waals surface area contributed by atoms with Crippen molar-refractivity contribution >= 4 is 35.0 Å². The maximum absolute atomic E-state index is 12.1. The van der Waals surface area contributed by atoms with Crippen LogP contribution in [0.25, 0.3) is 0 Å². The van der Waals surface area contributed by atoms with Gasteiger partial charge in [0.05, 0.1) is 5.25 Å². The summed E-state index contributed by atoms with van der Waals surface area (Å²) in [5.41, 5.74) is 0.387. The lowest BCUT2D eigenvalue weighted by Gasteiger charge is -2.13. The minimum Gasteiger partial charge on any atom is -0.406 e. The van der Waals surface area contributed by atoms with Gasteiger partial charge >= 0.3 is 6.36 Å². The zero-order chi connectivity index (χ0) is 17.7. The van der Waals surface area contributed by atoms with Crippen LogP contribution >= 0.6 is 23.4 Å². The van der Waals surface area contributed by atoms with Crippen LogP contribution in [0.3, 0.4) is 0 Å². The molecule has 3 nitrogen and oxygen atoms in total. The molecule has 1 amide bonds. The highest BCUT2D eigenvalue weighted by molar-refractivity contribution is 8.00. The second-order valence-corrected chi connectivity index (χ2v) is 6.63. The van der Waals surface area contributed by atoms with Gasteiger partial charge in [0.2, 0.25) is 5.91 Å². The molecule has 0 aliphatic carbocycles. The largest absolute Gasteiger partial charge is 0.573 e. The fraction of sp³-hybridized carbons (Fsp3) is 0.188. The van der Waals surface area contributed by atoms with Gasteiger partial charge < -0.3 is 10.1 Å². The van der Waals surface area contributed by atoms with Gasteiger partial charge in [-0.1, -0.05) is 11.6 Å². The van der Waals surface area contributed by atoms with Crippen molar-refractivity contribution in [1.82, 2.24) is 0 Å². The van der Waals surface area contributed by atoms with Gasteiger partial charge in [0.25, 0.3) is 0 Å². The molecule has 24 heavy (non-hydrogen) atoms. The number of hydrogen-bond acceptors (Lipinski definition) is 3. The molecule has 0 saturated heterocycles. The highest BCUT2D eigenvalue weighted by Gasteiger charge is 2.31. The van der Waals surface area contributed by atoms with Crippen LogP contribution in [0.15, 0.2) is 53.4 Å². The van der Waals surface area contributed by atoms with Crippen molar-refractivity contribution in [3.63, 3.8) is 0 Å². The molecule has 0 aliphatic heterocycles. The van der Waals surface area contributed by atoms with E-state index in [-0.39, 0.29) is 11.7 Å². The molecule has 128 valence electrons. The first-order chi connectivity index (χ1) is 11.2. The van der Waals surface area contributed by atoms with Gasteiger partial charge in [-0.25, -0.2) is 0 Å². The van der Waals surface area contributed by atoms with Gasteiger partial charge in [0.1, 0.15) is 5.75 Å². The van der Waals surface area contributed by atoms with Gasteiger partial charge in [-0.05, 0) is 55.5 Å². The average Bonchev–Trinajstić information content (AvgIpc) is 2.50. The van der Waals surface area contributed by atoms with Gasteiger partial charge in [-0.15, -0.1) is 24.9 Å². The molecule has 0 radical (unpaired) electrons.